The summed E-state index contributed by atoms with van der Waals surface area (Å²) < 4.78 is 0. The van der Waals surface area contributed by atoms with Gasteiger partial charge in [0.2, 0.25) is 0 Å². The largest absolute Gasteiger partial charge is 0.289 e. The fourth-order valence-corrected chi connectivity index (χ4v) is 5.47. The zero-order valence-corrected chi connectivity index (χ0v) is 19.8. The molecule has 2 unspecified atom stereocenters. The summed E-state index contributed by atoms with van der Waals surface area (Å²) in [5.41, 5.74) is 9.27. The van der Waals surface area contributed by atoms with Crippen molar-refractivity contribution in [1.29, 1.82) is 0 Å². The van der Waals surface area contributed by atoms with Crippen LogP contribution in [0.1, 0.15) is 106 Å². The van der Waals surface area contributed by atoms with Gasteiger partial charge in [0, 0.05) is 18.6 Å². The third-order valence-corrected chi connectivity index (χ3v) is 7.20. The molecule has 0 saturated carbocycles. The SMILES string of the molecule is CC(C)c1cc(C(C)C)c(C2=CC3CCC(C2)N3Cc2ccccc2)c(C(C)C)c1. The minimum atomic E-state index is 0.553. The molecule has 1 saturated heterocycles. The molecule has 4 rings (SSSR count). The van der Waals surface area contributed by atoms with Crippen molar-refractivity contribution >= 4 is 5.57 Å². The minimum absolute atomic E-state index is 0.553. The van der Waals surface area contributed by atoms with Crippen molar-refractivity contribution in [2.24, 2.45) is 0 Å². The van der Waals surface area contributed by atoms with Gasteiger partial charge in [-0.2, -0.15) is 0 Å². The summed E-state index contributed by atoms with van der Waals surface area (Å²) in [5, 5.41) is 0. The van der Waals surface area contributed by atoms with E-state index in [2.05, 4.69) is 95.0 Å². The Morgan fingerprint density at radius 2 is 1.47 bits per heavy atom. The molecule has 2 aliphatic heterocycles. The Hall–Kier alpha value is -1.86. The molecule has 2 aliphatic rings. The summed E-state index contributed by atoms with van der Waals surface area (Å²) in [7, 11) is 0. The Balaban J connectivity index is 1.73. The molecule has 0 aromatic heterocycles. The molecule has 2 aromatic rings. The molecule has 0 amide bonds. The van der Waals surface area contributed by atoms with Crippen LogP contribution in [0.3, 0.4) is 0 Å². The van der Waals surface area contributed by atoms with Gasteiger partial charge < -0.3 is 0 Å². The lowest BCUT2D eigenvalue weighted by Crippen LogP contribution is -2.37. The monoisotopic (exact) mass is 401 g/mol. The predicted molar refractivity (Wildman–Crippen MR) is 130 cm³/mol. The van der Waals surface area contributed by atoms with Crippen LogP contribution in [0, 0.1) is 0 Å². The van der Waals surface area contributed by atoms with Crippen LogP contribution in [-0.2, 0) is 6.54 Å². The summed E-state index contributed by atoms with van der Waals surface area (Å²) in [4.78, 5) is 2.76. The summed E-state index contributed by atoms with van der Waals surface area (Å²) in [6.45, 7) is 15.2. The smallest absolute Gasteiger partial charge is 0.0291 e. The molecule has 2 heterocycles. The molecular formula is C29H39N. The minimum Gasteiger partial charge on any atom is -0.289 e. The highest BCUT2D eigenvalue weighted by molar-refractivity contribution is 5.74. The van der Waals surface area contributed by atoms with E-state index < -0.39 is 0 Å². The quantitative estimate of drug-likeness (QED) is 0.476. The van der Waals surface area contributed by atoms with Gasteiger partial charge in [0.1, 0.15) is 0 Å². The molecule has 1 nitrogen and oxygen atoms in total. The number of fused-ring (bicyclic) bond motifs is 2. The highest BCUT2D eigenvalue weighted by atomic mass is 15.2. The number of rotatable bonds is 6. The van der Waals surface area contributed by atoms with Crippen molar-refractivity contribution in [2.75, 3.05) is 0 Å². The van der Waals surface area contributed by atoms with E-state index in [0.717, 1.165) is 6.54 Å². The van der Waals surface area contributed by atoms with Crippen LogP contribution in [0.2, 0.25) is 0 Å². The van der Waals surface area contributed by atoms with Crippen LogP contribution < -0.4 is 0 Å². The fraction of sp³-hybridized carbons (Fsp3) is 0.517. The van der Waals surface area contributed by atoms with Crippen LogP contribution in [-0.4, -0.2) is 17.0 Å². The Kier molecular flexibility index (Phi) is 6.21. The van der Waals surface area contributed by atoms with Crippen molar-refractivity contribution < 1.29 is 0 Å². The first kappa shape index (κ1) is 21.4. The van der Waals surface area contributed by atoms with E-state index in [9.17, 15) is 0 Å². The molecular weight excluding hydrogens is 362 g/mol. The van der Waals surface area contributed by atoms with Gasteiger partial charge in [-0.3, -0.25) is 4.90 Å². The number of hydrogen-bond donors (Lipinski definition) is 0. The summed E-state index contributed by atoms with van der Waals surface area (Å²) >= 11 is 0. The van der Waals surface area contributed by atoms with Gasteiger partial charge in [-0.25, -0.2) is 0 Å². The van der Waals surface area contributed by atoms with Gasteiger partial charge in [-0.05, 0) is 70.4 Å². The molecule has 0 aliphatic carbocycles. The molecule has 30 heavy (non-hydrogen) atoms. The lowest BCUT2D eigenvalue weighted by atomic mass is 9.79. The first-order chi connectivity index (χ1) is 14.3. The van der Waals surface area contributed by atoms with Gasteiger partial charge in [0.05, 0.1) is 0 Å². The van der Waals surface area contributed by atoms with E-state index in [1.165, 1.54) is 30.4 Å². The van der Waals surface area contributed by atoms with Gasteiger partial charge in [0.15, 0.2) is 0 Å². The lowest BCUT2D eigenvalue weighted by Gasteiger charge is -2.36. The standard InChI is InChI=1S/C29H39N/c1-19(2)23-16-27(20(3)4)29(28(17-23)21(5)6)24-14-25-12-13-26(15-24)30(25)18-22-10-8-7-9-11-22/h7-11,14,16-17,19-21,25-26H,12-13,15,18H2,1-6H3. The van der Waals surface area contributed by atoms with E-state index in [1.807, 2.05) is 0 Å². The maximum atomic E-state index is 2.76. The molecule has 1 heteroatoms. The zero-order chi connectivity index (χ0) is 21.4. The van der Waals surface area contributed by atoms with Gasteiger partial charge in [-0.15, -0.1) is 0 Å². The van der Waals surface area contributed by atoms with Crippen LogP contribution in [0.5, 0.6) is 0 Å². The average molecular weight is 402 g/mol. The van der Waals surface area contributed by atoms with Crippen molar-refractivity contribution in [2.45, 2.75) is 97.2 Å². The Bertz CT molecular complexity index is 874. The van der Waals surface area contributed by atoms with Crippen molar-refractivity contribution in [3.8, 4) is 0 Å². The van der Waals surface area contributed by atoms with Crippen molar-refractivity contribution in [3.05, 3.63) is 76.4 Å². The second kappa shape index (κ2) is 8.71. The first-order valence-electron chi connectivity index (χ1n) is 12.0. The van der Waals surface area contributed by atoms with Crippen LogP contribution in [0.15, 0.2) is 48.5 Å². The first-order valence-corrected chi connectivity index (χ1v) is 12.0. The van der Waals surface area contributed by atoms with Gasteiger partial charge in [-0.1, -0.05) is 90.1 Å². The maximum absolute atomic E-state index is 2.76. The molecule has 0 radical (unpaired) electrons. The summed E-state index contributed by atoms with van der Waals surface area (Å²) in [6.07, 6.45) is 6.47. The number of hydrogen-bond acceptors (Lipinski definition) is 1. The summed E-state index contributed by atoms with van der Waals surface area (Å²) in [5.74, 6) is 1.68. The molecule has 2 aromatic carbocycles. The molecule has 2 atom stereocenters. The van der Waals surface area contributed by atoms with E-state index in [4.69, 9.17) is 0 Å². The average Bonchev–Trinajstić information content (AvgIpc) is 2.95. The molecule has 0 N–H and O–H groups in total. The van der Waals surface area contributed by atoms with E-state index >= 15 is 0 Å². The topological polar surface area (TPSA) is 3.24 Å². The van der Waals surface area contributed by atoms with E-state index in [0.29, 0.717) is 29.8 Å². The van der Waals surface area contributed by atoms with Crippen LogP contribution in [0.25, 0.3) is 5.57 Å². The van der Waals surface area contributed by atoms with E-state index in [1.54, 1.807) is 22.3 Å². The van der Waals surface area contributed by atoms with Crippen molar-refractivity contribution in [1.82, 2.24) is 4.90 Å². The van der Waals surface area contributed by atoms with Crippen molar-refractivity contribution in [3.63, 3.8) is 0 Å². The third-order valence-electron chi connectivity index (χ3n) is 7.20. The Labute approximate surface area is 184 Å². The second-order valence-electron chi connectivity index (χ2n) is 10.4. The second-order valence-corrected chi connectivity index (χ2v) is 10.4. The van der Waals surface area contributed by atoms with Gasteiger partial charge >= 0.3 is 0 Å². The highest BCUT2D eigenvalue weighted by Crippen LogP contribution is 2.44. The highest BCUT2D eigenvalue weighted by Gasteiger charge is 2.37. The summed E-state index contributed by atoms with van der Waals surface area (Å²) in [6, 6.07) is 17.3. The number of nitrogens with zero attached hydrogens (tertiary/aromatic N) is 1. The fourth-order valence-electron chi connectivity index (χ4n) is 5.47. The van der Waals surface area contributed by atoms with Crippen LogP contribution >= 0.6 is 0 Å². The molecule has 1 fully saturated rings. The predicted octanol–water partition coefficient (Wildman–Crippen LogP) is 7.88. The third kappa shape index (κ3) is 4.14. The molecule has 0 spiro atoms. The van der Waals surface area contributed by atoms with E-state index in [-0.39, 0.29) is 0 Å². The molecule has 2 bridgehead atoms. The Morgan fingerprint density at radius 1 is 0.833 bits per heavy atom. The Morgan fingerprint density at radius 3 is 2.00 bits per heavy atom. The maximum Gasteiger partial charge on any atom is 0.0291 e. The lowest BCUT2D eigenvalue weighted by molar-refractivity contribution is 0.203. The van der Waals surface area contributed by atoms with Crippen LogP contribution in [0.4, 0.5) is 0 Å². The zero-order valence-electron chi connectivity index (χ0n) is 19.8. The van der Waals surface area contributed by atoms with Gasteiger partial charge in [0.25, 0.3) is 0 Å². The normalized spacial score (nSPS) is 21.7. The number of benzene rings is 2. The molecule has 160 valence electrons.